The van der Waals surface area contributed by atoms with Crippen molar-refractivity contribution >= 4 is 23.0 Å². The Balaban J connectivity index is 1.07. The fraction of sp³-hybridized carbons (Fsp3) is 0.393. The maximum Gasteiger partial charge on any atom is 0.244 e. The summed E-state index contributed by atoms with van der Waals surface area (Å²) in [6.07, 6.45) is 10.1. The molecule has 2 aromatic carbocycles. The largest absolute Gasteiger partial charge is 0.464 e. The van der Waals surface area contributed by atoms with Crippen molar-refractivity contribution in [1.82, 2.24) is 10.2 Å². The van der Waals surface area contributed by atoms with Gasteiger partial charge in [-0.2, -0.15) is 0 Å². The number of nitrogens with one attached hydrogen (secondary N) is 1. The van der Waals surface area contributed by atoms with Gasteiger partial charge in [0.05, 0.1) is 6.26 Å². The Bertz CT molecular complexity index is 1160. The molecule has 5 rings (SSSR count). The number of carbonyl (C=O) groups is 1. The summed E-state index contributed by atoms with van der Waals surface area (Å²) < 4.78 is 32.3. The lowest BCUT2D eigenvalue weighted by Crippen LogP contribution is -2.37. The summed E-state index contributed by atoms with van der Waals surface area (Å²) >= 11 is 0. The second-order valence-electron chi connectivity index (χ2n) is 9.68. The van der Waals surface area contributed by atoms with Gasteiger partial charge in [0.25, 0.3) is 0 Å². The van der Waals surface area contributed by atoms with E-state index in [1.54, 1.807) is 0 Å². The summed E-state index contributed by atoms with van der Waals surface area (Å²) in [4.78, 5) is 14.8. The Morgan fingerprint density at radius 3 is 2.62 bits per heavy atom. The fourth-order valence-electron chi connectivity index (χ4n) is 5.57. The molecule has 0 spiro atoms. The van der Waals surface area contributed by atoms with Crippen LogP contribution in [0, 0.1) is 17.6 Å². The summed E-state index contributed by atoms with van der Waals surface area (Å²) in [5, 5.41) is 4.29. The smallest absolute Gasteiger partial charge is 0.244 e. The van der Waals surface area contributed by atoms with Gasteiger partial charge < -0.3 is 14.6 Å². The van der Waals surface area contributed by atoms with Gasteiger partial charge in [0.2, 0.25) is 5.91 Å². The lowest BCUT2D eigenvalue weighted by molar-refractivity contribution is -0.117. The van der Waals surface area contributed by atoms with Crippen LogP contribution < -0.4 is 5.32 Å². The van der Waals surface area contributed by atoms with Crippen molar-refractivity contribution in [1.29, 1.82) is 0 Å². The van der Waals surface area contributed by atoms with Crippen molar-refractivity contribution < 1.29 is 18.0 Å². The minimum Gasteiger partial charge on any atom is -0.464 e. The number of nitrogens with zero attached hydrogens (tertiary/aromatic N) is 1. The topological polar surface area (TPSA) is 45.5 Å². The summed E-state index contributed by atoms with van der Waals surface area (Å²) in [7, 11) is 0. The van der Waals surface area contributed by atoms with Crippen LogP contribution in [0.4, 0.5) is 8.78 Å². The summed E-state index contributed by atoms with van der Waals surface area (Å²) in [6, 6.07) is 11.6. The van der Waals surface area contributed by atoms with Crippen LogP contribution in [0.5, 0.6) is 0 Å². The highest BCUT2D eigenvalue weighted by Gasteiger charge is 2.29. The molecule has 2 aliphatic rings. The van der Waals surface area contributed by atoms with Crippen molar-refractivity contribution in [2.75, 3.05) is 19.6 Å². The SMILES string of the molecule is O=C(/C=C/c1cc(F)cc(F)c1)N[C@H]1CC[C@@H](CN2CCC(c3coc4ccccc34)CC2)C1. The normalized spacial score (nSPS) is 22.1. The maximum atomic E-state index is 13.3. The van der Waals surface area contributed by atoms with E-state index in [2.05, 4.69) is 22.3 Å². The molecule has 4 nitrogen and oxygen atoms in total. The quantitative estimate of drug-likeness (QED) is 0.463. The standard InChI is InChI=1S/C28H30F2N2O2/c29-22-13-19(14-23(30)16-22)6-8-28(33)31-24-7-5-20(15-24)17-32-11-9-21(10-12-32)26-18-34-27-4-2-1-3-25(26)27/h1-4,6,8,13-14,16,18,20-21,24H,5,7,9-12,15,17H2,(H,31,33)/b8-6+/t20-,24+/m1/s1. The molecule has 1 saturated carbocycles. The van der Waals surface area contributed by atoms with Crippen LogP contribution in [-0.4, -0.2) is 36.5 Å². The molecule has 0 radical (unpaired) electrons. The van der Waals surface area contributed by atoms with Gasteiger partial charge in [-0.15, -0.1) is 0 Å². The van der Waals surface area contributed by atoms with E-state index in [1.165, 1.54) is 35.2 Å². The van der Waals surface area contributed by atoms with Crippen molar-refractivity contribution in [3.63, 3.8) is 0 Å². The zero-order chi connectivity index (χ0) is 23.5. The van der Waals surface area contributed by atoms with E-state index in [1.807, 2.05) is 18.4 Å². The van der Waals surface area contributed by atoms with Crippen molar-refractivity contribution in [3.8, 4) is 0 Å². The van der Waals surface area contributed by atoms with Gasteiger partial charge in [-0.1, -0.05) is 18.2 Å². The number of hydrogen-bond donors (Lipinski definition) is 1. The molecule has 1 aliphatic carbocycles. The second kappa shape index (κ2) is 10.1. The predicted molar refractivity (Wildman–Crippen MR) is 129 cm³/mol. The number of hydrogen-bond acceptors (Lipinski definition) is 3. The lowest BCUT2D eigenvalue weighted by atomic mass is 9.89. The molecule has 2 heterocycles. The van der Waals surface area contributed by atoms with E-state index in [9.17, 15) is 13.6 Å². The summed E-state index contributed by atoms with van der Waals surface area (Å²) in [5.74, 6) is -0.392. The number of fused-ring (bicyclic) bond motifs is 1. The molecule has 1 amide bonds. The van der Waals surface area contributed by atoms with Gasteiger partial charge in [-0.3, -0.25) is 4.79 Å². The van der Waals surface area contributed by atoms with Crippen LogP contribution in [-0.2, 0) is 4.79 Å². The molecule has 34 heavy (non-hydrogen) atoms. The first kappa shape index (κ1) is 22.8. The molecule has 1 saturated heterocycles. The highest BCUT2D eigenvalue weighted by Crippen LogP contribution is 2.35. The van der Waals surface area contributed by atoms with Crippen LogP contribution in [0.25, 0.3) is 17.0 Å². The first-order valence-corrected chi connectivity index (χ1v) is 12.2. The van der Waals surface area contributed by atoms with Gasteiger partial charge in [0.1, 0.15) is 17.2 Å². The third kappa shape index (κ3) is 5.39. The van der Waals surface area contributed by atoms with E-state index in [0.717, 1.165) is 63.4 Å². The molecule has 178 valence electrons. The molecule has 1 N–H and O–H groups in total. The highest BCUT2D eigenvalue weighted by molar-refractivity contribution is 5.91. The number of amides is 1. The Morgan fingerprint density at radius 2 is 1.82 bits per heavy atom. The Hall–Kier alpha value is -2.99. The number of piperidine rings is 1. The van der Waals surface area contributed by atoms with Crippen LogP contribution in [0.1, 0.15) is 49.1 Å². The molecule has 3 aromatic rings. The molecule has 1 aromatic heterocycles. The minimum atomic E-state index is -0.652. The van der Waals surface area contributed by atoms with Gasteiger partial charge in [-0.05, 0) is 86.9 Å². The minimum absolute atomic E-state index is 0.154. The Kier molecular flexibility index (Phi) is 6.77. The zero-order valence-corrected chi connectivity index (χ0v) is 19.2. The van der Waals surface area contributed by atoms with Crippen LogP contribution >= 0.6 is 0 Å². The zero-order valence-electron chi connectivity index (χ0n) is 19.2. The second-order valence-corrected chi connectivity index (χ2v) is 9.68. The van der Waals surface area contributed by atoms with Crippen LogP contribution in [0.2, 0.25) is 0 Å². The number of rotatable bonds is 6. The van der Waals surface area contributed by atoms with E-state index in [-0.39, 0.29) is 11.9 Å². The maximum absolute atomic E-state index is 13.3. The van der Waals surface area contributed by atoms with Gasteiger partial charge in [0, 0.05) is 35.7 Å². The molecule has 2 atom stereocenters. The van der Waals surface area contributed by atoms with E-state index >= 15 is 0 Å². The summed E-state index contributed by atoms with van der Waals surface area (Å²) in [6.45, 7) is 3.25. The molecule has 0 unspecified atom stereocenters. The van der Waals surface area contributed by atoms with Crippen LogP contribution in [0.15, 0.2) is 59.2 Å². The van der Waals surface area contributed by atoms with Gasteiger partial charge >= 0.3 is 0 Å². The van der Waals surface area contributed by atoms with E-state index in [4.69, 9.17) is 4.42 Å². The number of benzene rings is 2. The molecule has 6 heteroatoms. The number of likely N-dealkylation sites (tertiary alicyclic amines) is 1. The molecular formula is C28H30F2N2O2. The van der Waals surface area contributed by atoms with E-state index < -0.39 is 11.6 Å². The predicted octanol–water partition coefficient (Wildman–Crippen LogP) is 5.89. The molecule has 1 aliphatic heterocycles. The average molecular weight is 465 g/mol. The molecule has 2 fully saturated rings. The third-order valence-corrected chi connectivity index (χ3v) is 7.25. The number of para-hydroxylation sites is 1. The number of halogens is 2. The fourth-order valence-corrected chi connectivity index (χ4v) is 5.57. The first-order valence-electron chi connectivity index (χ1n) is 12.2. The van der Waals surface area contributed by atoms with Crippen molar-refractivity contribution in [2.45, 2.75) is 44.1 Å². The summed E-state index contributed by atoms with van der Waals surface area (Å²) in [5.41, 5.74) is 2.65. The van der Waals surface area contributed by atoms with Crippen molar-refractivity contribution in [3.05, 3.63) is 77.6 Å². The highest BCUT2D eigenvalue weighted by atomic mass is 19.1. The van der Waals surface area contributed by atoms with Crippen molar-refractivity contribution in [2.24, 2.45) is 5.92 Å². The van der Waals surface area contributed by atoms with E-state index in [0.29, 0.717) is 17.4 Å². The lowest BCUT2D eigenvalue weighted by Gasteiger charge is -2.33. The van der Waals surface area contributed by atoms with Gasteiger partial charge in [0.15, 0.2) is 0 Å². The number of carbonyl (C=O) groups excluding carboxylic acids is 1. The average Bonchev–Trinajstić information content (AvgIpc) is 3.44. The van der Waals surface area contributed by atoms with Crippen LogP contribution in [0.3, 0.4) is 0 Å². The molecular weight excluding hydrogens is 434 g/mol. The Morgan fingerprint density at radius 1 is 1.06 bits per heavy atom. The Labute approximate surface area is 198 Å². The van der Waals surface area contributed by atoms with Gasteiger partial charge in [-0.25, -0.2) is 8.78 Å². The monoisotopic (exact) mass is 464 g/mol. The third-order valence-electron chi connectivity index (χ3n) is 7.25. The molecule has 0 bridgehead atoms. The number of furan rings is 1. The first-order chi connectivity index (χ1) is 16.5.